The molecule has 9 heteroatoms. The van der Waals surface area contributed by atoms with Crippen LogP contribution in [0.5, 0.6) is 5.19 Å². The maximum atomic E-state index is 11.7. The van der Waals surface area contributed by atoms with Gasteiger partial charge in [0.25, 0.3) is 14.9 Å². The van der Waals surface area contributed by atoms with Gasteiger partial charge in [-0.15, -0.1) is 0 Å². The molecular formula is C9H12Cl3N3O2S. The van der Waals surface area contributed by atoms with Crippen molar-refractivity contribution < 1.29 is 9.53 Å². The van der Waals surface area contributed by atoms with E-state index in [0.29, 0.717) is 13.1 Å². The number of carbonyl (C=O) groups excluding carboxylic acids is 1. The third kappa shape index (κ3) is 4.42. The summed E-state index contributed by atoms with van der Waals surface area (Å²) in [7, 11) is 0. The zero-order chi connectivity index (χ0) is 13.8. The fourth-order valence-electron chi connectivity index (χ4n) is 1.17. The number of amides is 1. The van der Waals surface area contributed by atoms with Gasteiger partial charge in [-0.05, 0) is 13.8 Å². The van der Waals surface area contributed by atoms with Crippen LogP contribution in [0.4, 0.5) is 0 Å². The number of ether oxygens (including phenoxy) is 1. The summed E-state index contributed by atoms with van der Waals surface area (Å²) in [5.74, 6) is -0.0755. The second-order valence-electron chi connectivity index (χ2n) is 3.24. The molecule has 0 N–H and O–H groups in total. The minimum absolute atomic E-state index is 0.0442. The molecule has 0 bridgehead atoms. The minimum atomic E-state index is -1.68. The topological polar surface area (TPSA) is 55.3 Å². The van der Waals surface area contributed by atoms with E-state index < -0.39 is 3.79 Å². The van der Waals surface area contributed by atoms with Crippen LogP contribution in [-0.2, 0) is 8.59 Å². The Balaban J connectivity index is 2.54. The quantitative estimate of drug-likeness (QED) is 0.778. The van der Waals surface area contributed by atoms with Crippen molar-refractivity contribution in [2.24, 2.45) is 0 Å². The van der Waals surface area contributed by atoms with E-state index in [1.54, 1.807) is 4.90 Å². The van der Waals surface area contributed by atoms with Crippen LogP contribution in [0.15, 0.2) is 0 Å². The Bertz CT molecular complexity index is 404. The molecule has 0 aromatic carbocycles. The van der Waals surface area contributed by atoms with Crippen molar-refractivity contribution in [1.29, 1.82) is 0 Å². The Kier molecular flexibility index (Phi) is 5.91. The predicted molar refractivity (Wildman–Crippen MR) is 72.6 cm³/mol. The van der Waals surface area contributed by atoms with E-state index in [1.807, 2.05) is 13.8 Å². The van der Waals surface area contributed by atoms with E-state index >= 15 is 0 Å². The van der Waals surface area contributed by atoms with E-state index in [9.17, 15) is 4.79 Å². The van der Waals surface area contributed by atoms with Crippen LogP contribution < -0.4 is 4.74 Å². The van der Waals surface area contributed by atoms with Crippen LogP contribution in [0.3, 0.4) is 0 Å². The normalized spacial score (nSPS) is 11.4. The number of halogens is 3. The van der Waals surface area contributed by atoms with Crippen molar-refractivity contribution >= 4 is 52.2 Å². The number of hydrogen-bond acceptors (Lipinski definition) is 5. The van der Waals surface area contributed by atoms with Gasteiger partial charge in [0.05, 0.1) is 0 Å². The molecular weight excluding hydrogens is 321 g/mol. The SMILES string of the molecule is CCN(CC)C(=O)COc1nc(C(Cl)(Cl)Cl)ns1. The summed E-state index contributed by atoms with van der Waals surface area (Å²) in [5, 5.41) is 0.205. The molecule has 1 aromatic heterocycles. The lowest BCUT2D eigenvalue weighted by Crippen LogP contribution is -2.34. The van der Waals surface area contributed by atoms with Gasteiger partial charge in [0.15, 0.2) is 12.4 Å². The first-order chi connectivity index (χ1) is 8.38. The van der Waals surface area contributed by atoms with Crippen molar-refractivity contribution in [3.63, 3.8) is 0 Å². The molecule has 1 amide bonds. The monoisotopic (exact) mass is 331 g/mol. The summed E-state index contributed by atoms with van der Waals surface area (Å²) in [6.07, 6.45) is 0. The molecule has 1 aromatic rings. The summed E-state index contributed by atoms with van der Waals surface area (Å²) in [5.41, 5.74) is 0. The van der Waals surface area contributed by atoms with Gasteiger partial charge < -0.3 is 9.64 Å². The molecule has 0 aliphatic heterocycles. The molecule has 0 aliphatic carbocycles. The average Bonchev–Trinajstić information content (AvgIpc) is 2.76. The first-order valence-electron chi connectivity index (χ1n) is 5.20. The van der Waals surface area contributed by atoms with E-state index in [-0.39, 0.29) is 23.5 Å². The lowest BCUT2D eigenvalue weighted by molar-refractivity contribution is -0.132. The molecule has 5 nitrogen and oxygen atoms in total. The highest BCUT2D eigenvalue weighted by molar-refractivity contribution is 7.07. The Hall–Kier alpha value is -0.300. The van der Waals surface area contributed by atoms with Crippen LogP contribution in [-0.4, -0.2) is 39.9 Å². The Labute approximate surface area is 124 Å². The van der Waals surface area contributed by atoms with Gasteiger partial charge in [-0.3, -0.25) is 4.79 Å². The maximum Gasteiger partial charge on any atom is 0.293 e. The zero-order valence-corrected chi connectivity index (χ0v) is 12.9. The van der Waals surface area contributed by atoms with E-state index in [1.165, 1.54) is 0 Å². The molecule has 18 heavy (non-hydrogen) atoms. The fourth-order valence-corrected chi connectivity index (χ4v) is 2.16. The third-order valence-electron chi connectivity index (χ3n) is 2.10. The predicted octanol–water partition coefficient (Wildman–Crippen LogP) is 2.61. The molecule has 102 valence electrons. The lowest BCUT2D eigenvalue weighted by atomic mass is 10.5. The number of likely N-dealkylation sites (N-methyl/N-ethyl adjacent to an activating group) is 1. The summed E-state index contributed by atoms with van der Waals surface area (Å²) < 4.78 is 7.36. The molecule has 0 aliphatic rings. The number of carbonyl (C=O) groups is 1. The first-order valence-corrected chi connectivity index (χ1v) is 7.10. The van der Waals surface area contributed by atoms with Crippen LogP contribution in [0.1, 0.15) is 19.7 Å². The van der Waals surface area contributed by atoms with Gasteiger partial charge in [-0.25, -0.2) is 0 Å². The van der Waals surface area contributed by atoms with Gasteiger partial charge in [0.2, 0.25) is 0 Å². The second kappa shape index (κ2) is 6.75. The van der Waals surface area contributed by atoms with Crippen molar-refractivity contribution in [2.75, 3.05) is 19.7 Å². The molecule has 0 saturated carbocycles. The van der Waals surface area contributed by atoms with Gasteiger partial charge in [-0.1, -0.05) is 34.8 Å². The second-order valence-corrected chi connectivity index (χ2v) is 6.23. The van der Waals surface area contributed by atoms with E-state index in [4.69, 9.17) is 39.5 Å². The largest absolute Gasteiger partial charge is 0.459 e. The molecule has 1 heterocycles. The number of nitrogens with zero attached hydrogens (tertiary/aromatic N) is 3. The molecule has 0 radical (unpaired) electrons. The van der Waals surface area contributed by atoms with Crippen LogP contribution in [0.2, 0.25) is 0 Å². The van der Waals surface area contributed by atoms with Crippen molar-refractivity contribution in [2.45, 2.75) is 17.6 Å². The van der Waals surface area contributed by atoms with Gasteiger partial charge in [0, 0.05) is 24.6 Å². The first kappa shape index (κ1) is 15.8. The van der Waals surface area contributed by atoms with Crippen molar-refractivity contribution in [3.8, 4) is 5.19 Å². The summed E-state index contributed by atoms with van der Waals surface area (Å²) in [6, 6.07) is 0. The average molecular weight is 333 g/mol. The smallest absolute Gasteiger partial charge is 0.293 e. The summed E-state index contributed by atoms with van der Waals surface area (Å²) in [4.78, 5) is 17.2. The summed E-state index contributed by atoms with van der Waals surface area (Å²) in [6.45, 7) is 4.96. The summed E-state index contributed by atoms with van der Waals surface area (Å²) >= 11 is 17.8. The van der Waals surface area contributed by atoms with Gasteiger partial charge in [0.1, 0.15) is 0 Å². The standard InChI is InChI=1S/C9H12Cl3N3O2S/c1-3-15(4-2)6(16)5-17-8-13-7(14-18-8)9(10,11)12/h3-5H2,1-2H3. The minimum Gasteiger partial charge on any atom is -0.459 e. The number of aromatic nitrogens is 2. The number of rotatable bonds is 5. The van der Waals surface area contributed by atoms with E-state index in [0.717, 1.165) is 11.5 Å². The fraction of sp³-hybridized carbons (Fsp3) is 0.667. The molecule has 0 fully saturated rings. The molecule has 1 rings (SSSR count). The van der Waals surface area contributed by atoms with Crippen LogP contribution in [0.25, 0.3) is 0 Å². The zero-order valence-electron chi connectivity index (χ0n) is 9.82. The van der Waals surface area contributed by atoms with Crippen molar-refractivity contribution in [3.05, 3.63) is 5.82 Å². The highest BCUT2D eigenvalue weighted by Gasteiger charge is 2.28. The number of alkyl halides is 3. The van der Waals surface area contributed by atoms with Crippen LogP contribution >= 0.6 is 46.3 Å². The maximum absolute atomic E-state index is 11.7. The Morgan fingerprint density at radius 3 is 2.44 bits per heavy atom. The van der Waals surface area contributed by atoms with Crippen LogP contribution in [0, 0.1) is 0 Å². The van der Waals surface area contributed by atoms with E-state index in [2.05, 4.69) is 9.36 Å². The van der Waals surface area contributed by atoms with Gasteiger partial charge >= 0.3 is 0 Å². The number of hydrogen-bond donors (Lipinski definition) is 0. The molecule has 0 saturated heterocycles. The third-order valence-corrected chi connectivity index (χ3v) is 3.23. The lowest BCUT2D eigenvalue weighted by Gasteiger charge is -2.17. The highest BCUT2D eigenvalue weighted by Crippen LogP contribution is 2.37. The molecule has 0 atom stereocenters. The Morgan fingerprint density at radius 2 is 2.00 bits per heavy atom. The van der Waals surface area contributed by atoms with Gasteiger partial charge in [-0.2, -0.15) is 9.36 Å². The molecule has 0 unspecified atom stereocenters. The molecule has 0 spiro atoms. The van der Waals surface area contributed by atoms with Crippen molar-refractivity contribution in [1.82, 2.24) is 14.3 Å². The Morgan fingerprint density at radius 1 is 1.39 bits per heavy atom. The highest BCUT2D eigenvalue weighted by atomic mass is 35.6.